The summed E-state index contributed by atoms with van der Waals surface area (Å²) in [6.07, 6.45) is 1.29. The van der Waals surface area contributed by atoms with Crippen LogP contribution in [0.5, 0.6) is 5.75 Å². The van der Waals surface area contributed by atoms with Gasteiger partial charge in [0.15, 0.2) is 6.10 Å². The lowest BCUT2D eigenvalue weighted by atomic mass is 9.98. The van der Waals surface area contributed by atoms with Gasteiger partial charge < -0.3 is 14.4 Å². The van der Waals surface area contributed by atoms with Crippen molar-refractivity contribution in [1.29, 1.82) is 0 Å². The molecular weight excluding hydrogens is 330 g/mol. The Hall–Kier alpha value is -2.56. The molecule has 138 valence electrons. The number of fused-ring (bicyclic) bond motifs is 1. The second-order valence-electron chi connectivity index (χ2n) is 6.81. The Kier molecular flexibility index (Phi) is 5.45. The molecule has 0 saturated carbocycles. The number of likely N-dealkylation sites (tertiary alicyclic amines) is 1. The van der Waals surface area contributed by atoms with Gasteiger partial charge in [-0.1, -0.05) is 24.3 Å². The van der Waals surface area contributed by atoms with Gasteiger partial charge in [-0.2, -0.15) is 0 Å². The van der Waals surface area contributed by atoms with Gasteiger partial charge >= 0.3 is 5.97 Å². The molecule has 1 aliphatic rings. The van der Waals surface area contributed by atoms with Gasteiger partial charge in [0, 0.05) is 13.1 Å². The second-order valence-corrected chi connectivity index (χ2v) is 6.81. The number of methoxy groups -OCH3 is 1. The van der Waals surface area contributed by atoms with E-state index in [4.69, 9.17) is 9.47 Å². The minimum atomic E-state index is -0.743. The molecule has 0 radical (unpaired) electrons. The lowest BCUT2D eigenvalue weighted by Crippen LogP contribution is -2.38. The third kappa shape index (κ3) is 3.82. The number of rotatable bonds is 5. The number of ether oxygens (including phenoxy) is 2. The number of benzene rings is 2. The van der Waals surface area contributed by atoms with Gasteiger partial charge in [0.1, 0.15) is 5.75 Å². The van der Waals surface area contributed by atoms with Crippen molar-refractivity contribution in [1.82, 2.24) is 4.90 Å². The highest BCUT2D eigenvalue weighted by Gasteiger charge is 2.28. The third-order valence-corrected chi connectivity index (χ3v) is 4.98. The molecular formula is C21H25NO4. The Balaban J connectivity index is 1.69. The van der Waals surface area contributed by atoms with Crippen LogP contribution in [0.15, 0.2) is 36.4 Å². The summed E-state index contributed by atoms with van der Waals surface area (Å²) in [5, 5.41) is 2.08. The van der Waals surface area contributed by atoms with Crippen molar-refractivity contribution in [2.45, 2.75) is 38.7 Å². The Bertz CT molecular complexity index is 811. The molecule has 1 fully saturated rings. The summed E-state index contributed by atoms with van der Waals surface area (Å²) in [5.74, 6) is -0.117. The number of hydrogen-bond donors (Lipinski definition) is 0. The summed E-state index contributed by atoms with van der Waals surface area (Å²) in [5.41, 5.74) is 0.869. The fourth-order valence-corrected chi connectivity index (χ4v) is 3.30. The number of amides is 1. The third-order valence-electron chi connectivity index (χ3n) is 4.98. The molecule has 5 heteroatoms. The van der Waals surface area contributed by atoms with Crippen LogP contribution in [-0.4, -0.2) is 43.1 Å². The van der Waals surface area contributed by atoms with Crippen LogP contribution in [-0.2, 0) is 14.3 Å². The van der Waals surface area contributed by atoms with Crippen molar-refractivity contribution >= 4 is 22.6 Å². The SMILES string of the molecule is COc1ccc2cc([C@H](C)C(=O)O[C@@H](C)C(=O)N3CCCC3)ccc2c1. The van der Waals surface area contributed by atoms with Crippen molar-refractivity contribution in [3.63, 3.8) is 0 Å². The van der Waals surface area contributed by atoms with Gasteiger partial charge in [0.25, 0.3) is 5.91 Å². The summed E-state index contributed by atoms with van der Waals surface area (Å²) in [6.45, 7) is 4.97. The van der Waals surface area contributed by atoms with Crippen molar-refractivity contribution in [3.8, 4) is 5.75 Å². The normalized spacial score (nSPS) is 16.3. The molecule has 1 aliphatic heterocycles. The first kappa shape index (κ1) is 18.2. The number of nitrogens with zero attached hydrogens (tertiary/aromatic N) is 1. The standard InChI is InChI=1S/C21H25NO4/c1-14(21(24)26-15(2)20(23)22-10-4-5-11-22)16-6-7-18-13-19(25-3)9-8-17(18)12-16/h6-9,12-15H,4-5,10-11H2,1-3H3/t14-,15-/m0/s1. The van der Waals surface area contributed by atoms with Crippen LogP contribution >= 0.6 is 0 Å². The van der Waals surface area contributed by atoms with E-state index in [9.17, 15) is 9.59 Å². The van der Waals surface area contributed by atoms with E-state index in [1.807, 2.05) is 36.4 Å². The molecule has 0 spiro atoms. The van der Waals surface area contributed by atoms with Crippen LogP contribution in [0.2, 0.25) is 0 Å². The number of carbonyl (C=O) groups excluding carboxylic acids is 2. The van der Waals surface area contributed by atoms with Crippen molar-refractivity contribution in [3.05, 3.63) is 42.0 Å². The summed E-state index contributed by atoms with van der Waals surface area (Å²) < 4.78 is 10.7. The van der Waals surface area contributed by atoms with Crippen LogP contribution in [0, 0.1) is 0 Å². The minimum absolute atomic E-state index is 0.103. The first-order valence-corrected chi connectivity index (χ1v) is 9.06. The molecule has 3 rings (SSSR count). The molecule has 2 aromatic carbocycles. The predicted molar refractivity (Wildman–Crippen MR) is 100 cm³/mol. The smallest absolute Gasteiger partial charge is 0.313 e. The molecule has 0 unspecified atom stereocenters. The summed E-state index contributed by atoms with van der Waals surface area (Å²) in [6, 6.07) is 11.7. The average molecular weight is 355 g/mol. The van der Waals surface area contributed by atoms with E-state index >= 15 is 0 Å². The number of hydrogen-bond acceptors (Lipinski definition) is 4. The minimum Gasteiger partial charge on any atom is -0.497 e. The van der Waals surface area contributed by atoms with Gasteiger partial charge in [0.2, 0.25) is 0 Å². The van der Waals surface area contributed by atoms with E-state index in [2.05, 4.69) is 0 Å². The highest BCUT2D eigenvalue weighted by atomic mass is 16.5. The molecule has 1 amide bonds. The Labute approximate surface area is 153 Å². The Morgan fingerprint density at radius 1 is 1.00 bits per heavy atom. The molecule has 2 atom stereocenters. The zero-order valence-electron chi connectivity index (χ0n) is 15.5. The second kappa shape index (κ2) is 7.77. The molecule has 1 saturated heterocycles. The molecule has 0 bridgehead atoms. The lowest BCUT2D eigenvalue weighted by molar-refractivity contribution is -0.159. The largest absolute Gasteiger partial charge is 0.497 e. The first-order chi connectivity index (χ1) is 12.5. The van der Waals surface area contributed by atoms with E-state index in [1.165, 1.54) is 0 Å². The average Bonchev–Trinajstić information content (AvgIpc) is 3.20. The quantitative estimate of drug-likeness (QED) is 0.770. The maximum Gasteiger partial charge on any atom is 0.313 e. The van der Waals surface area contributed by atoms with Crippen LogP contribution in [0.1, 0.15) is 38.2 Å². The van der Waals surface area contributed by atoms with Crippen molar-refractivity contribution in [2.24, 2.45) is 0 Å². The fourth-order valence-electron chi connectivity index (χ4n) is 3.30. The zero-order chi connectivity index (χ0) is 18.7. The fraction of sp³-hybridized carbons (Fsp3) is 0.429. The topological polar surface area (TPSA) is 55.8 Å². The van der Waals surface area contributed by atoms with Crippen molar-refractivity contribution < 1.29 is 19.1 Å². The van der Waals surface area contributed by atoms with E-state index in [0.29, 0.717) is 0 Å². The highest BCUT2D eigenvalue weighted by molar-refractivity contribution is 5.88. The summed E-state index contributed by atoms with van der Waals surface area (Å²) in [7, 11) is 1.64. The molecule has 26 heavy (non-hydrogen) atoms. The Morgan fingerprint density at radius 3 is 2.35 bits per heavy atom. The van der Waals surface area contributed by atoms with Crippen molar-refractivity contribution in [2.75, 3.05) is 20.2 Å². The first-order valence-electron chi connectivity index (χ1n) is 9.06. The highest BCUT2D eigenvalue weighted by Crippen LogP contribution is 2.26. The van der Waals surface area contributed by atoms with E-state index in [-0.39, 0.29) is 11.9 Å². The molecule has 0 aromatic heterocycles. The maximum absolute atomic E-state index is 12.5. The van der Waals surface area contributed by atoms with Gasteiger partial charge in [0.05, 0.1) is 13.0 Å². The molecule has 5 nitrogen and oxygen atoms in total. The molecule has 1 heterocycles. The van der Waals surface area contributed by atoms with Gasteiger partial charge in [-0.15, -0.1) is 0 Å². The van der Waals surface area contributed by atoms with Crippen LogP contribution in [0.4, 0.5) is 0 Å². The van der Waals surface area contributed by atoms with Crippen LogP contribution < -0.4 is 4.74 Å². The maximum atomic E-state index is 12.5. The summed E-state index contributed by atoms with van der Waals surface area (Å²) in [4.78, 5) is 26.6. The number of carbonyl (C=O) groups is 2. The molecule has 0 N–H and O–H groups in total. The number of esters is 1. The van der Waals surface area contributed by atoms with Crippen LogP contribution in [0.25, 0.3) is 10.8 Å². The van der Waals surface area contributed by atoms with E-state index < -0.39 is 12.0 Å². The van der Waals surface area contributed by atoms with E-state index in [0.717, 1.165) is 48.0 Å². The summed E-state index contributed by atoms with van der Waals surface area (Å²) >= 11 is 0. The van der Waals surface area contributed by atoms with Gasteiger partial charge in [-0.05, 0) is 55.2 Å². The van der Waals surface area contributed by atoms with Gasteiger partial charge in [-0.3, -0.25) is 9.59 Å². The zero-order valence-corrected chi connectivity index (χ0v) is 15.5. The van der Waals surface area contributed by atoms with Crippen LogP contribution in [0.3, 0.4) is 0 Å². The lowest BCUT2D eigenvalue weighted by Gasteiger charge is -2.22. The molecule has 2 aromatic rings. The predicted octanol–water partition coefficient (Wildman–Crippen LogP) is 3.51. The monoisotopic (exact) mass is 355 g/mol. The molecule has 0 aliphatic carbocycles. The van der Waals surface area contributed by atoms with E-state index in [1.54, 1.807) is 25.9 Å². The Morgan fingerprint density at radius 2 is 1.65 bits per heavy atom. The van der Waals surface area contributed by atoms with Gasteiger partial charge in [-0.25, -0.2) is 0 Å².